The number of likely N-dealkylation sites (tertiary alicyclic amines) is 1. The molecule has 0 aromatic heterocycles. The molecule has 0 radical (unpaired) electrons. The van der Waals surface area contributed by atoms with Crippen LogP contribution in [0.1, 0.15) is 57.1 Å². The van der Waals surface area contributed by atoms with Gasteiger partial charge in [-0.1, -0.05) is 50.1 Å². The average molecular weight is 288 g/mol. The summed E-state index contributed by atoms with van der Waals surface area (Å²) in [5, 5.41) is 3.13. The Morgan fingerprint density at radius 1 is 1.19 bits per heavy atom. The predicted molar refractivity (Wildman–Crippen MR) is 87.1 cm³/mol. The molecule has 1 atom stereocenters. The van der Waals surface area contributed by atoms with Crippen LogP contribution in [-0.4, -0.2) is 30.4 Å². The fourth-order valence-electron chi connectivity index (χ4n) is 3.00. The van der Waals surface area contributed by atoms with E-state index >= 15 is 0 Å². The van der Waals surface area contributed by atoms with Crippen LogP contribution < -0.4 is 5.32 Å². The van der Waals surface area contributed by atoms with Crippen LogP contribution in [0.5, 0.6) is 0 Å². The molecule has 2 rings (SSSR count). The first-order valence-corrected chi connectivity index (χ1v) is 8.37. The standard InChI is InChI=1S/C18H28N2O/c1-2-3-12-18(21)19-15-17(16-10-6-4-7-11-16)20-13-8-5-9-14-20/h4,6-7,10-11,17H,2-3,5,8-9,12-15H2,1H3,(H,19,21)/t17-/m1/s1. The van der Waals surface area contributed by atoms with Crippen molar-refractivity contribution in [1.82, 2.24) is 10.2 Å². The van der Waals surface area contributed by atoms with E-state index in [4.69, 9.17) is 0 Å². The van der Waals surface area contributed by atoms with Crippen molar-refractivity contribution >= 4 is 5.91 Å². The van der Waals surface area contributed by atoms with Crippen molar-refractivity contribution < 1.29 is 4.79 Å². The van der Waals surface area contributed by atoms with Crippen molar-refractivity contribution in [2.75, 3.05) is 19.6 Å². The van der Waals surface area contributed by atoms with E-state index in [1.54, 1.807) is 0 Å². The van der Waals surface area contributed by atoms with Crippen molar-refractivity contribution in [3.8, 4) is 0 Å². The van der Waals surface area contributed by atoms with E-state index in [0.717, 1.165) is 32.5 Å². The van der Waals surface area contributed by atoms with Crippen LogP contribution in [0.4, 0.5) is 0 Å². The van der Waals surface area contributed by atoms with Gasteiger partial charge < -0.3 is 5.32 Å². The molecule has 1 aromatic carbocycles. The van der Waals surface area contributed by atoms with Gasteiger partial charge in [0.05, 0.1) is 6.04 Å². The van der Waals surface area contributed by atoms with E-state index in [1.165, 1.54) is 24.8 Å². The maximum atomic E-state index is 11.9. The Hall–Kier alpha value is -1.35. The molecule has 1 N–H and O–H groups in total. The SMILES string of the molecule is CCCCC(=O)NC[C@H](c1ccccc1)N1CCCCC1. The van der Waals surface area contributed by atoms with Crippen LogP contribution in [-0.2, 0) is 4.79 Å². The zero-order valence-corrected chi connectivity index (χ0v) is 13.2. The van der Waals surface area contributed by atoms with E-state index in [0.29, 0.717) is 12.5 Å². The average Bonchev–Trinajstić information content (AvgIpc) is 2.55. The smallest absolute Gasteiger partial charge is 0.220 e. The fourth-order valence-corrected chi connectivity index (χ4v) is 3.00. The Morgan fingerprint density at radius 2 is 1.90 bits per heavy atom. The molecule has 1 saturated heterocycles. The molecule has 0 spiro atoms. The van der Waals surface area contributed by atoms with Gasteiger partial charge in [0.25, 0.3) is 0 Å². The lowest BCUT2D eigenvalue weighted by Crippen LogP contribution is -2.40. The summed E-state index contributed by atoms with van der Waals surface area (Å²) in [6, 6.07) is 10.9. The molecule has 0 bridgehead atoms. The highest BCUT2D eigenvalue weighted by atomic mass is 16.1. The number of hydrogen-bond donors (Lipinski definition) is 1. The van der Waals surface area contributed by atoms with Gasteiger partial charge in [0, 0.05) is 13.0 Å². The second-order valence-corrected chi connectivity index (χ2v) is 5.93. The van der Waals surface area contributed by atoms with Crippen LogP contribution in [0.25, 0.3) is 0 Å². The number of unbranched alkanes of at least 4 members (excludes halogenated alkanes) is 1. The van der Waals surface area contributed by atoms with E-state index in [1.807, 2.05) is 0 Å². The number of piperidine rings is 1. The summed E-state index contributed by atoms with van der Waals surface area (Å²) in [4.78, 5) is 14.4. The molecular weight excluding hydrogens is 260 g/mol. The van der Waals surface area contributed by atoms with Crippen LogP contribution in [0.15, 0.2) is 30.3 Å². The predicted octanol–water partition coefficient (Wildman–Crippen LogP) is 3.52. The zero-order chi connectivity index (χ0) is 14.9. The minimum absolute atomic E-state index is 0.190. The first-order valence-electron chi connectivity index (χ1n) is 8.37. The summed E-state index contributed by atoms with van der Waals surface area (Å²) in [6.45, 7) is 5.13. The molecule has 116 valence electrons. The van der Waals surface area contributed by atoms with E-state index in [-0.39, 0.29) is 5.91 Å². The number of carbonyl (C=O) groups is 1. The second-order valence-electron chi connectivity index (χ2n) is 5.93. The zero-order valence-electron chi connectivity index (χ0n) is 13.2. The van der Waals surface area contributed by atoms with Gasteiger partial charge in [-0.3, -0.25) is 9.69 Å². The van der Waals surface area contributed by atoms with Gasteiger partial charge in [-0.2, -0.15) is 0 Å². The number of nitrogens with one attached hydrogen (secondary N) is 1. The van der Waals surface area contributed by atoms with Gasteiger partial charge in [0.15, 0.2) is 0 Å². The molecule has 1 heterocycles. The van der Waals surface area contributed by atoms with E-state index in [9.17, 15) is 4.79 Å². The Morgan fingerprint density at radius 3 is 2.57 bits per heavy atom. The molecule has 1 fully saturated rings. The third kappa shape index (κ3) is 5.16. The molecule has 0 aliphatic carbocycles. The third-order valence-electron chi connectivity index (χ3n) is 4.27. The van der Waals surface area contributed by atoms with Crippen LogP contribution >= 0.6 is 0 Å². The van der Waals surface area contributed by atoms with E-state index in [2.05, 4.69) is 47.5 Å². The highest BCUT2D eigenvalue weighted by molar-refractivity contribution is 5.75. The van der Waals surface area contributed by atoms with Crippen LogP contribution in [0.2, 0.25) is 0 Å². The van der Waals surface area contributed by atoms with Crippen LogP contribution in [0, 0.1) is 0 Å². The summed E-state index contributed by atoms with van der Waals surface area (Å²) < 4.78 is 0. The second kappa shape index (κ2) is 8.83. The molecule has 1 aliphatic heterocycles. The molecule has 3 nitrogen and oxygen atoms in total. The lowest BCUT2D eigenvalue weighted by Gasteiger charge is -2.35. The Balaban J connectivity index is 1.97. The summed E-state index contributed by atoms with van der Waals surface area (Å²) in [5.74, 6) is 0.190. The number of carbonyl (C=O) groups excluding carboxylic acids is 1. The largest absolute Gasteiger partial charge is 0.354 e. The molecule has 21 heavy (non-hydrogen) atoms. The number of rotatable bonds is 7. The van der Waals surface area contributed by atoms with Gasteiger partial charge in [0.1, 0.15) is 0 Å². The van der Waals surface area contributed by atoms with Gasteiger partial charge >= 0.3 is 0 Å². The molecular formula is C18H28N2O. The maximum Gasteiger partial charge on any atom is 0.220 e. The molecule has 0 unspecified atom stereocenters. The Labute approximate surface area is 128 Å². The van der Waals surface area contributed by atoms with Crippen molar-refractivity contribution in [2.45, 2.75) is 51.5 Å². The highest BCUT2D eigenvalue weighted by Crippen LogP contribution is 2.24. The highest BCUT2D eigenvalue weighted by Gasteiger charge is 2.22. The number of hydrogen-bond acceptors (Lipinski definition) is 2. The van der Waals surface area contributed by atoms with Gasteiger partial charge in [0.2, 0.25) is 5.91 Å². The van der Waals surface area contributed by atoms with Gasteiger partial charge in [-0.15, -0.1) is 0 Å². The normalized spacial score (nSPS) is 17.4. The van der Waals surface area contributed by atoms with E-state index < -0.39 is 0 Å². The fraction of sp³-hybridized carbons (Fsp3) is 0.611. The molecule has 1 aromatic rings. The first-order chi connectivity index (χ1) is 10.3. The molecule has 3 heteroatoms. The molecule has 0 saturated carbocycles. The topological polar surface area (TPSA) is 32.3 Å². The summed E-state index contributed by atoms with van der Waals surface area (Å²) in [6.07, 6.45) is 6.58. The van der Waals surface area contributed by atoms with Crippen LogP contribution in [0.3, 0.4) is 0 Å². The van der Waals surface area contributed by atoms with Gasteiger partial charge in [-0.25, -0.2) is 0 Å². The minimum atomic E-state index is 0.190. The lowest BCUT2D eigenvalue weighted by molar-refractivity contribution is -0.121. The Kier molecular flexibility index (Phi) is 6.74. The summed E-state index contributed by atoms with van der Waals surface area (Å²) in [7, 11) is 0. The van der Waals surface area contributed by atoms with Crippen molar-refractivity contribution in [1.29, 1.82) is 0 Å². The maximum absolute atomic E-state index is 11.9. The quantitative estimate of drug-likeness (QED) is 0.832. The molecule has 1 amide bonds. The first kappa shape index (κ1) is 16.0. The minimum Gasteiger partial charge on any atom is -0.354 e. The summed E-state index contributed by atoms with van der Waals surface area (Å²) in [5.41, 5.74) is 1.31. The summed E-state index contributed by atoms with van der Waals surface area (Å²) >= 11 is 0. The number of amides is 1. The lowest BCUT2D eigenvalue weighted by atomic mass is 10.0. The molecule has 1 aliphatic rings. The van der Waals surface area contributed by atoms with Crippen molar-refractivity contribution in [3.05, 3.63) is 35.9 Å². The number of benzene rings is 1. The van der Waals surface area contributed by atoms with Crippen molar-refractivity contribution in [3.63, 3.8) is 0 Å². The third-order valence-corrected chi connectivity index (χ3v) is 4.27. The Bertz CT molecular complexity index is 412. The van der Waals surface area contributed by atoms with Gasteiger partial charge in [-0.05, 0) is 37.9 Å². The number of nitrogens with zero attached hydrogens (tertiary/aromatic N) is 1. The van der Waals surface area contributed by atoms with Crippen molar-refractivity contribution in [2.24, 2.45) is 0 Å². The monoisotopic (exact) mass is 288 g/mol.